The van der Waals surface area contributed by atoms with Gasteiger partial charge < -0.3 is 9.84 Å². The van der Waals surface area contributed by atoms with Gasteiger partial charge >= 0.3 is 0 Å². The number of aliphatic hydroxyl groups is 1. The first-order valence-corrected chi connectivity index (χ1v) is 7.06. The third-order valence-corrected chi connectivity index (χ3v) is 4.07. The van der Waals surface area contributed by atoms with Crippen molar-refractivity contribution in [2.75, 3.05) is 0 Å². The van der Waals surface area contributed by atoms with Crippen LogP contribution in [0, 0.1) is 0 Å². The lowest BCUT2D eigenvalue weighted by Crippen LogP contribution is -2.40. The first-order chi connectivity index (χ1) is 8.10. The Kier molecular flexibility index (Phi) is 3.79. The zero-order valence-corrected chi connectivity index (χ0v) is 12.0. The van der Waals surface area contributed by atoms with Crippen LogP contribution in [0.3, 0.4) is 0 Å². The third kappa shape index (κ3) is 2.50. The minimum absolute atomic E-state index is 0.186. The smallest absolute Gasteiger partial charge is 0.126 e. The second-order valence-electron chi connectivity index (χ2n) is 4.79. The van der Waals surface area contributed by atoms with Gasteiger partial charge in [-0.1, -0.05) is 36.2 Å². The van der Waals surface area contributed by atoms with E-state index in [2.05, 4.69) is 29.8 Å². The highest BCUT2D eigenvalue weighted by atomic mass is 79.9. The summed E-state index contributed by atoms with van der Waals surface area (Å²) in [5, 5.41) is 10.3. The van der Waals surface area contributed by atoms with E-state index in [0.717, 1.165) is 35.0 Å². The minimum atomic E-state index is -0.414. The molecule has 1 aromatic carbocycles. The number of benzene rings is 1. The fourth-order valence-electron chi connectivity index (χ4n) is 2.61. The Hall–Kier alpha value is -0.540. The third-order valence-electron chi connectivity index (χ3n) is 3.57. The van der Waals surface area contributed by atoms with Crippen LogP contribution in [0.5, 0.6) is 5.75 Å². The van der Waals surface area contributed by atoms with Crippen molar-refractivity contribution in [1.29, 1.82) is 0 Å². The monoisotopic (exact) mass is 298 g/mol. The number of hydrogen-bond donors (Lipinski definition) is 1. The highest BCUT2D eigenvalue weighted by molar-refractivity contribution is 9.10. The van der Waals surface area contributed by atoms with Gasteiger partial charge in [0.1, 0.15) is 11.4 Å². The van der Waals surface area contributed by atoms with Gasteiger partial charge in [0.05, 0.1) is 6.10 Å². The largest absolute Gasteiger partial charge is 0.487 e. The van der Waals surface area contributed by atoms with Gasteiger partial charge in [-0.2, -0.15) is 0 Å². The lowest BCUT2D eigenvalue weighted by molar-refractivity contribution is -0.0232. The summed E-state index contributed by atoms with van der Waals surface area (Å²) >= 11 is 3.43. The van der Waals surface area contributed by atoms with E-state index in [9.17, 15) is 5.11 Å². The number of aliphatic hydroxyl groups excluding tert-OH is 1. The molecular weight excluding hydrogens is 280 g/mol. The summed E-state index contributed by atoms with van der Waals surface area (Å²) < 4.78 is 7.14. The SMILES string of the molecule is CCCC1(CC)C[C@@H](O)c2cc(Br)ccc2O1. The van der Waals surface area contributed by atoms with Crippen LogP contribution in [0.15, 0.2) is 22.7 Å². The molecule has 0 radical (unpaired) electrons. The summed E-state index contributed by atoms with van der Waals surface area (Å²) in [5.41, 5.74) is 0.717. The van der Waals surface area contributed by atoms with Crippen LogP contribution >= 0.6 is 15.9 Å². The van der Waals surface area contributed by atoms with E-state index in [0.29, 0.717) is 6.42 Å². The van der Waals surface area contributed by atoms with E-state index in [4.69, 9.17) is 4.74 Å². The second-order valence-corrected chi connectivity index (χ2v) is 5.71. The average molecular weight is 299 g/mol. The quantitative estimate of drug-likeness (QED) is 0.905. The molecule has 2 nitrogen and oxygen atoms in total. The summed E-state index contributed by atoms with van der Waals surface area (Å²) in [5.74, 6) is 0.835. The molecule has 1 N–H and O–H groups in total. The Bertz CT molecular complexity index is 405. The maximum absolute atomic E-state index is 10.3. The lowest BCUT2D eigenvalue weighted by atomic mass is 9.84. The Balaban J connectivity index is 2.35. The van der Waals surface area contributed by atoms with Crippen molar-refractivity contribution >= 4 is 15.9 Å². The van der Waals surface area contributed by atoms with Crippen molar-refractivity contribution in [2.24, 2.45) is 0 Å². The molecule has 17 heavy (non-hydrogen) atoms. The number of rotatable bonds is 3. The fourth-order valence-corrected chi connectivity index (χ4v) is 2.99. The Morgan fingerprint density at radius 3 is 2.88 bits per heavy atom. The summed E-state index contributed by atoms with van der Waals surface area (Å²) in [6.45, 7) is 4.29. The van der Waals surface area contributed by atoms with Gasteiger partial charge in [0.2, 0.25) is 0 Å². The normalized spacial score (nSPS) is 27.4. The molecular formula is C14H19BrO2. The molecule has 0 saturated heterocycles. The predicted molar refractivity (Wildman–Crippen MR) is 72.3 cm³/mol. The molecule has 1 aromatic rings. The maximum Gasteiger partial charge on any atom is 0.126 e. The summed E-state index contributed by atoms with van der Waals surface area (Å²) in [7, 11) is 0. The van der Waals surface area contributed by atoms with E-state index in [-0.39, 0.29) is 5.60 Å². The van der Waals surface area contributed by atoms with Gasteiger partial charge in [-0.3, -0.25) is 0 Å². The molecule has 0 aliphatic carbocycles. The van der Waals surface area contributed by atoms with Crippen molar-refractivity contribution in [3.8, 4) is 5.75 Å². The molecule has 3 heteroatoms. The molecule has 1 aliphatic rings. The van der Waals surface area contributed by atoms with Gasteiger partial charge in [0, 0.05) is 16.5 Å². The van der Waals surface area contributed by atoms with Gasteiger partial charge in [-0.25, -0.2) is 0 Å². The van der Waals surface area contributed by atoms with Crippen LogP contribution in [-0.2, 0) is 0 Å². The summed E-state index contributed by atoms with van der Waals surface area (Å²) in [6.07, 6.45) is 3.29. The molecule has 0 saturated carbocycles. The van der Waals surface area contributed by atoms with Crippen LogP contribution in [0.4, 0.5) is 0 Å². The van der Waals surface area contributed by atoms with Crippen LogP contribution in [0.2, 0.25) is 0 Å². The molecule has 1 unspecified atom stereocenters. The Morgan fingerprint density at radius 2 is 2.24 bits per heavy atom. The molecule has 0 bridgehead atoms. The standard InChI is InChI=1S/C14H19BrO2/c1-3-7-14(4-2)9-12(16)11-8-10(15)5-6-13(11)17-14/h5-6,8,12,16H,3-4,7,9H2,1-2H3/t12-,14?/m1/s1. The zero-order chi connectivity index (χ0) is 12.5. The van der Waals surface area contributed by atoms with E-state index in [1.54, 1.807) is 0 Å². The highest BCUT2D eigenvalue weighted by Gasteiger charge is 2.38. The molecule has 2 atom stereocenters. The number of halogens is 1. The van der Waals surface area contributed by atoms with E-state index < -0.39 is 6.10 Å². The van der Waals surface area contributed by atoms with Crippen molar-refractivity contribution in [3.05, 3.63) is 28.2 Å². The zero-order valence-electron chi connectivity index (χ0n) is 10.4. The summed E-state index contributed by atoms with van der Waals surface area (Å²) in [4.78, 5) is 0. The van der Waals surface area contributed by atoms with Crippen molar-refractivity contribution in [2.45, 2.75) is 51.2 Å². The molecule has 0 aromatic heterocycles. The molecule has 1 heterocycles. The van der Waals surface area contributed by atoms with Crippen LogP contribution in [0.25, 0.3) is 0 Å². The molecule has 0 spiro atoms. The molecule has 2 rings (SSSR count). The average Bonchev–Trinajstić information content (AvgIpc) is 2.31. The minimum Gasteiger partial charge on any atom is -0.487 e. The van der Waals surface area contributed by atoms with Crippen LogP contribution in [0.1, 0.15) is 51.2 Å². The molecule has 94 valence electrons. The van der Waals surface area contributed by atoms with E-state index in [1.165, 1.54) is 0 Å². The lowest BCUT2D eigenvalue weighted by Gasteiger charge is -2.40. The van der Waals surface area contributed by atoms with Gasteiger partial charge in [-0.05, 0) is 31.0 Å². The van der Waals surface area contributed by atoms with Crippen LogP contribution in [-0.4, -0.2) is 10.7 Å². The molecule has 0 fully saturated rings. The van der Waals surface area contributed by atoms with E-state index >= 15 is 0 Å². The summed E-state index contributed by atoms with van der Waals surface area (Å²) in [6, 6.07) is 5.86. The predicted octanol–water partition coefficient (Wildman–Crippen LogP) is 4.21. The van der Waals surface area contributed by atoms with Gasteiger partial charge in [0.15, 0.2) is 0 Å². The topological polar surface area (TPSA) is 29.5 Å². The highest BCUT2D eigenvalue weighted by Crippen LogP contribution is 2.43. The number of ether oxygens (including phenoxy) is 1. The Labute approximate surface area is 111 Å². The van der Waals surface area contributed by atoms with Crippen LogP contribution < -0.4 is 4.74 Å². The maximum atomic E-state index is 10.3. The Morgan fingerprint density at radius 1 is 1.47 bits per heavy atom. The number of hydrogen-bond acceptors (Lipinski definition) is 2. The first-order valence-electron chi connectivity index (χ1n) is 6.27. The van der Waals surface area contributed by atoms with Gasteiger partial charge in [0.25, 0.3) is 0 Å². The van der Waals surface area contributed by atoms with Crippen molar-refractivity contribution in [3.63, 3.8) is 0 Å². The molecule has 0 amide bonds. The first kappa shape index (κ1) is 12.9. The molecule has 1 aliphatic heterocycles. The number of fused-ring (bicyclic) bond motifs is 1. The van der Waals surface area contributed by atoms with Crippen molar-refractivity contribution in [1.82, 2.24) is 0 Å². The second kappa shape index (κ2) is 4.99. The fraction of sp³-hybridized carbons (Fsp3) is 0.571. The van der Waals surface area contributed by atoms with Gasteiger partial charge in [-0.15, -0.1) is 0 Å². The van der Waals surface area contributed by atoms with E-state index in [1.807, 2.05) is 18.2 Å². The van der Waals surface area contributed by atoms with Crippen molar-refractivity contribution < 1.29 is 9.84 Å².